The Balaban J connectivity index is 2.35. The van der Waals surface area contributed by atoms with Crippen molar-refractivity contribution in [2.45, 2.75) is 30.8 Å². The van der Waals surface area contributed by atoms with Crippen LogP contribution in [0, 0.1) is 5.92 Å². The minimum Gasteiger partial charge on any atom is -0.481 e. The van der Waals surface area contributed by atoms with E-state index in [0.717, 1.165) is 0 Å². The van der Waals surface area contributed by atoms with Crippen LogP contribution in [-0.2, 0) is 21.9 Å². The van der Waals surface area contributed by atoms with Crippen molar-refractivity contribution in [2.75, 3.05) is 6.54 Å². The number of aryl methyl sites for hydroxylation is 1. The van der Waals surface area contributed by atoms with E-state index < -0.39 is 28.0 Å². The van der Waals surface area contributed by atoms with Crippen molar-refractivity contribution in [3.05, 3.63) is 12.3 Å². The fourth-order valence-electron chi connectivity index (χ4n) is 2.52. The predicted octanol–water partition coefficient (Wildman–Crippen LogP) is 0.294. The monoisotopic (exact) mass is 287 g/mol. The molecule has 2 rings (SSSR count). The summed E-state index contributed by atoms with van der Waals surface area (Å²) in [6, 6.07) is 0.873. The number of nitrogens with zero attached hydrogens (tertiary/aromatic N) is 3. The summed E-state index contributed by atoms with van der Waals surface area (Å²) in [5.74, 6) is -1.60. The highest BCUT2D eigenvalue weighted by atomic mass is 32.2. The van der Waals surface area contributed by atoms with Gasteiger partial charge in [0.1, 0.15) is 0 Å². The molecule has 2 heterocycles. The number of aromatic nitrogens is 2. The lowest BCUT2D eigenvalue weighted by atomic mass is 9.92. The van der Waals surface area contributed by atoms with Crippen molar-refractivity contribution >= 4 is 16.0 Å². The van der Waals surface area contributed by atoms with Crippen molar-refractivity contribution in [2.24, 2.45) is 13.0 Å². The summed E-state index contributed by atoms with van der Waals surface area (Å²) in [4.78, 5) is 11.2. The largest absolute Gasteiger partial charge is 0.481 e. The predicted molar refractivity (Wildman–Crippen MR) is 66.9 cm³/mol. The van der Waals surface area contributed by atoms with Gasteiger partial charge in [0.15, 0.2) is 5.03 Å². The van der Waals surface area contributed by atoms with E-state index in [-0.39, 0.29) is 5.03 Å². The van der Waals surface area contributed by atoms with Crippen LogP contribution in [0.3, 0.4) is 0 Å². The van der Waals surface area contributed by atoms with Gasteiger partial charge in [-0.05, 0) is 25.8 Å². The summed E-state index contributed by atoms with van der Waals surface area (Å²) in [5, 5.41) is 13.1. The highest BCUT2D eigenvalue weighted by Crippen LogP contribution is 2.28. The summed E-state index contributed by atoms with van der Waals surface area (Å²) >= 11 is 0. The van der Waals surface area contributed by atoms with Crippen LogP contribution in [-0.4, -0.2) is 46.2 Å². The lowest BCUT2D eigenvalue weighted by Gasteiger charge is -2.36. The minimum atomic E-state index is -3.69. The molecule has 0 spiro atoms. The molecule has 1 aromatic rings. The van der Waals surface area contributed by atoms with Gasteiger partial charge in [0.05, 0.1) is 12.1 Å². The van der Waals surface area contributed by atoms with Crippen LogP contribution < -0.4 is 0 Å². The summed E-state index contributed by atoms with van der Waals surface area (Å²) in [5.41, 5.74) is 0. The minimum absolute atomic E-state index is 0.0883. The second-order valence-electron chi connectivity index (χ2n) is 4.74. The van der Waals surface area contributed by atoms with Gasteiger partial charge < -0.3 is 5.11 Å². The topological polar surface area (TPSA) is 92.5 Å². The normalized spacial score (nSPS) is 25.4. The third-order valence-corrected chi connectivity index (χ3v) is 5.66. The third-order valence-electron chi connectivity index (χ3n) is 3.60. The lowest BCUT2D eigenvalue weighted by molar-refractivity contribution is -0.144. The highest BCUT2D eigenvalue weighted by Gasteiger charge is 2.40. The standard InChI is InChI=1S/C11H17N3O4S/c1-8-9(11(15)16)4-3-7-14(8)19(17,18)10-5-6-12-13(10)2/h5-6,8-9H,3-4,7H2,1-2H3,(H,15,16)/t8-,9-/m1/s1. The molecule has 1 aliphatic heterocycles. The number of carboxylic acid groups (broad SMARTS) is 1. The van der Waals surface area contributed by atoms with Crippen LogP contribution in [0.4, 0.5) is 0 Å². The SMILES string of the molecule is C[C@@H]1[C@H](C(=O)O)CCCN1S(=O)(=O)c1ccnn1C. The molecule has 1 aliphatic rings. The fourth-order valence-corrected chi connectivity index (χ4v) is 4.32. The molecule has 19 heavy (non-hydrogen) atoms. The number of carbonyl (C=O) groups is 1. The van der Waals surface area contributed by atoms with Crippen LogP contribution in [0.5, 0.6) is 0 Å². The lowest BCUT2D eigenvalue weighted by Crippen LogP contribution is -2.49. The molecule has 2 atom stereocenters. The van der Waals surface area contributed by atoms with Gasteiger partial charge in [0, 0.05) is 19.6 Å². The summed E-state index contributed by atoms with van der Waals surface area (Å²) in [6.07, 6.45) is 2.47. The zero-order valence-corrected chi connectivity index (χ0v) is 11.7. The molecule has 106 valence electrons. The van der Waals surface area contributed by atoms with E-state index in [9.17, 15) is 13.2 Å². The molecule has 0 saturated carbocycles. The Bertz CT molecular complexity index is 581. The van der Waals surface area contributed by atoms with E-state index in [0.29, 0.717) is 19.4 Å². The summed E-state index contributed by atoms with van der Waals surface area (Å²) in [7, 11) is -2.14. The number of rotatable bonds is 3. The maximum Gasteiger partial charge on any atom is 0.308 e. The van der Waals surface area contributed by atoms with Crippen molar-refractivity contribution in [1.29, 1.82) is 0 Å². The van der Waals surface area contributed by atoms with Gasteiger partial charge in [-0.2, -0.15) is 9.40 Å². The molecule has 7 nitrogen and oxygen atoms in total. The van der Waals surface area contributed by atoms with Crippen LogP contribution in [0.25, 0.3) is 0 Å². The van der Waals surface area contributed by atoms with Crippen molar-refractivity contribution in [3.8, 4) is 0 Å². The second-order valence-corrected chi connectivity index (χ2v) is 6.57. The molecule has 1 N–H and O–H groups in total. The number of hydrogen-bond acceptors (Lipinski definition) is 4. The molecule has 1 saturated heterocycles. The Morgan fingerprint density at radius 2 is 2.21 bits per heavy atom. The Labute approximate surface area is 111 Å². The molecular weight excluding hydrogens is 270 g/mol. The van der Waals surface area contributed by atoms with Crippen LogP contribution in [0.2, 0.25) is 0 Å². The number of carboxylic acids is 1. The summed E-state index contributed by atoms with van der Waals surface area (Å²) in [6.45, 7) is 1.99. The van der Waals surface area contributed by atoms with Gasteiger partial charge in [-0.25, -0.2) is 8.42 Å². The number of piperidine rings is 1. The molecule has 0 unspecified atom stereocenters. The average Bonchev–Trinajstić information content (AvgIpc) is 2.75. The number of aliphatic carboxylic acids is 1. The molecule has 0 aromatic carbocycles. The molecule has 1 fully saturated rings. The van der Waals surface area contributed by atoms with Crippen LogP contribution in [0.15, 0.2) is 17.3 Å². The van der Waals surface area contributed by atoms with Crippen molar-refractivity contribution < 1.29 is 18.3 Å². The first-order valence-corrected chi connectivity index (χ1v) is 7.52. The van der Waals surface area contributed by atoms with E-state index in [2.05, 4.69) is 5.10 Å². The van der Waals surface area contributed by atoms with Crippen molar-refractivity contribution in [1.82, 2.24) is 14.1 Å². The first-order chi connectivity index (χ1) is 8.85. The quantitative estimate of drug-likeness (QED) is 0.862. The third kappa shape index (κ3) is 2.37. The van der Waals surface area contributed by atoms with Gasteiger partial charge in [0.25, 0.3) is 10.0 Å². The van der Waals surface area contributed by atoms with Crippen molar-refractivity contribution in [3.63, 3.8) is 0 Å². The first kappa shape index (κ1) is 14.0. The fraction of sp³-hybridized carbons (Fsp3) is 0.636. The Morgan fingerprint density at radius 3 is 2.74 bits per heavy atom. The molecule has 0 aliphatic carbocycles. The summed E-state index contributed by atoms with van der Waals surface area (Å²) < 4.78 is 27.6. The molecule has 0 amide bonds. The zero-order chi connectivity index (χ0) is 14.2. The first-order valence-electron chi connectivity index (χ1n) is 6.08. The van der Waals surface area contributed by atoms with Gasteiger partial charge in [0.2, 0.25) is 0 Å². The number of sulfonamides is 1. The highest BCUT2D eigenvalue weighted by molar-refractivity contribution is 7.89. The van der Waals surface area contributed by atoms with E-state index in [1.54, 1.807) is 14.0 Å². The van der Waals surface area contributed by atoms with E-state index in [1.165, 1.54) is 21.3 Å². The van der Waals surface area contributed by atoms with Gasteiger partial charge in [-0.1, -0.05) is 0 Å². The molecule has 0 radical (unpaired) electrons. The van der Waals surface area contributed by atoms with Crippen LogP contribution in [0.1, 0.15) is 19.8 Å². The van der Waals surface area contributed by atoms with Gasteiger partial charge in [-0.15, -0.1) is 0 Å². The van der Waals surface area contributed by atoms with Gasteiger partial charge in [-0.3, -0.25) is 9.48 Å². The Kier molecular flexibility index (Phi) is 3.64. The molecule has 1 aromatic heterocycles. The van der Waals surface area contributed by atoms with Gasteiger partial charge >= 0.3 is 5.97 Å². The number of hydrogen-bond donors (Lipinski definition) is 1. The second kappa shape index (κ2) is 4.93. The van der Waals surface area contributed by atoms with E-state index in [1.807, 2.05) is 0 Å². The smallest absolute Gasteiger partial charge is 0.308 e. The van der Waals surface area contributed by atoms with E-state index >= 15 is 0 Å². The Hall–Kier alpha value is -1.41. The maximum absolute atomic E-state index is 12.5. The molecule has 8 heteroatoms. The average molecular weight is 287 g/mol. The zero-order valence-electron chi connectivity index (χ0n) is 10.9. The molecule has 0 bridgehead atoms. The maximum atomic E-state index is 12.5. The Morgan fingerprint density at radius 1 is 1.53 bits per heavy atom. The van der Waals surface area contributed by atoms with Crippen LogP contribution >= 0.6 is 0 Å². The molecular formula is C11H17N3O4S. The van der Waals surface area contributed by atoms with E-state index in [4.69, 9.17) is 5.11 Å².